The second-order valence-electron chi connectivity index (χ2n) is 7.83. The topological polar surface area (TPSA) is 62.3 Å². The van der Waals surface area contributed by atoms with Crippen LogP contribution in [0.5, 0.6) is 0 Å². The Labute approximate surface area is 186 Å². The Morgan fingerprint density at radius 2 is 1.62 bits per heavy atom. The molecule has 1 aromatic heterocycles. The van der Waals surface area contributed by atoms with E-state index in [4.69, 9.17) is 0 Å². The molecule has 5 nitrogen and oxygen atoms in total. The number of hydrogen-bond donors (Lipinski definition) is 1. The number of pyridine rings is 1. The molecule has 1 aliphatic heterocycles. The van der Waals surface area contributed by atoms with E-state index in [-0.39, 0.29) is 18.4 Å². The van der Waals surface area contributed by atoms with Gasteiger partial charge in [0.05, 0.1) is 12.1 Å². The van der Waals surface area contributed by atoms with E-state index in [9.17, 15) is 9.59 Å². The summed E-state index contributed by atoms with van der Waals surface area (Å²) in [6, 6.07) is 25.1. The lowest BCUT2D eigenvalue weighted by atomic mass is 10.0. The fourth-order valence-corrected chi connectivity index (χ4v) is 3.97. The van der Waals surface area contributed by atoms with Gasteiger partial charge in [-0.15, -0.1) is 0 Å². The number of aromatic nitrogens is 1. The summed E-state index contributed by atoms with van der Waals surface area (Å²) in [5.41, 5.74) is 4.05. The average molecular weight is 419 g/mol. The highest BCUT2D eigenvalue weighted by Gasteiger charge is 2.39. The Kier molecular flexibility index (Phi) is 5.00. The highest BCUT2D eigenvalue weighted by Crippen LogP contribution is 2.33. The fraction of sp³-hybridized carbons (Fsp3) is 0.0741. The van der Waals surface area contributed by atoms with Crippen molar-refractivity contribution in [2.24, 2.45) is 0 Å². The maximum Gasteiger partial charge on any atom is 0.278 e. The van der Waals surface area contributed by atoms with E-state index in [1.807, 2.05) is 79.7 Å². The summed E-state index contributed by atoms with van der Waals surface area (Å²) in [6.45, 7) is 2.16. The largest absolute Gasteiger partial charge is 0.350 e. The normalized spacial score (nSPS) is 13.8. The highest BCUT2D eigenvalue weighted by molar-refractivity contribution is 6.36. The third-order valence-corrected chi connectivity index (χ3v) is 5.62. The molecule has 0 fully saturated rings. The molecule has 0 atom stereocenters. The lowest BCUT2D eigenvalue weighted by Crippen LogP contribution is -2.32. The molecule has 0 radical (unpaired) electrons. The van der Waals surface area contributed by atoms with Crippen molar-refractivity contribution in [2.45, 2.75) is 13.5 Å². The first kappa shape index (κ1) is 19.7. The van der Waals surface area contributed by atoms with Crippen LogP contribution in [-0.4, -0.2) is 21.7 Å². The van der Waals surface area contributed by atoms with Crippen LogP contribution in [0.2, 0.25) is 0 Å². The molecule has 4 aromatic rings. The average Bonchev–Trinajstić information content (AvgIpc) is 3.05. The maximum atomic E-state index is 13.5. The third-order valence-electron chi connectivity index (χ3n) is 5.62. The van der Waals surface area contributed by atoms with Crippen LogP contribution in [0.15, 0.2) is 97.0 Å². The molecule has 1 N–H and O–H groups in total. The lowest BCUT2D eigenvalue weighted by Gasteiger charge is -2.15. The lowest BCUT2D eigenvalue weighted by molar-refractivity contribution is -0.137. The van der Waals surface area contributed by atoms with Crippen molar-refractivity contribution in [3.05, 3.63) is 114 Å². The van der Waals surface area contributed by atoms with Gasteiger partial charge < -0.3 is 5.32 Å². The number of rotatable bonds is 5. The first-order valence-corrected chi connectivity index (χ1v) is 10.4. The number of nitrogens with one attached hydrogen (secondary N) is 1. The summed E-state index contributed by atoms with van der Waals surface area (Å²) < 4.78 is 0. The van der Waals surface area contributed by atoms with Crippen LogP contribution in [0.3, 0.4) is 0 Å². The van der Waals surface area contributed by atoms with Crippen molar-refractivity contribution in [2.75, 3.05) is 5.32 Å². The summed E-state index contributed by atoms with van der Waals surface area (Å²) in [7, 11) is 0. The summed E-state index contributed by atoms with van der Waals surface area (Å²) in [5.74, 6) is -0.659. The predicted molar refractivity (Wildman–Crippen MR) is 125 cm³/mol. The molecule has 3 aromatic carbocycles. The van der Waals surface area contributed by atoms with Gasteiger partial charge in [-0.3, -0.25) is 19.5 Å². The highest BCUT2D eigenvalue weighted by atomic mass is 16.2. The number of imide groups is 1. The van der Waals surface area contributed by atoms with Gasteiger partial charge in [0, 0.05) is 23.5 Å². The van der Waals surface area contributed by atoms with Gasteiger partial charge in [0.1, 0.15) is 5.70 Å². The molecule has 5 heteroatoms. The van der Waals surface area contributed by atoms with Gasteiger partial charge in [-0.2, -0.15) is 0 Å². The number of fused-ring (bicyclic) bond motifs is 1. The number of anilines is 1. The molecule has 0 unspecified atom stereocenters. The number of nitrogens with zero attached hydrogens (tertiary/aromatic N) is 2. The SMILES string of the molecule is Cc1ccc(C2=C(Nc3cccc4ccccc34)C(=O)N(Cc3cccnc3)C2=O)cc1. The third kappa shape index (κ3) is 3.54. The second-order valence-corrected chi connectivity index (χ2v) is 7.83. The Morgan fingerprint density at radius 1 is 0.844 bits per heavy atom. The Balaban J connectivity index is 1.60. The van der Waals surface area contributed by atoms with Crippen LogP contribution in [0.1, 0.15) is 16.7 Å². The van der Waals surface area contributed by atoms with Gasteiger partial charge in [0.15, 0.2) is 0 Å². The standard InChI is InChI=1S/C27H21N3O2/c1-18-11-13-21(14-12-18)24-25(29-23-10-4-8-20-7-2-3-9-22(20)23)27(32)30(26(24)31)17-19-6-5-15-28-16-19/h2-16,29H,17H2,1H3. The zero-order valence-electron chi connectivity index (χ0n) is 17.6. The van der Waals surface area contributed by atoms with Crippen LogP contribution in [0.25, 0.3) is 16.3 Å². The molecular formula is C27H21N3O2. The molecule has 2 heterocycles. The number of amides is 2. The van der Waals surface area contributed by atoms with E-state index >= 15 is 0 Å². The van der Waals surface area contributed by atoms with Crippen molar-refractivity contribution in [1.29, 1.82) is 0 Å². The van der Waals surface area contributed by atoms with Crippen LogP contribution >= 0.6 is 0 Å². The van der Waals surface area contributed by atoms with Gasteiger partial charge in [0.2, 0.25) is 0 Å². The first-order chi connectivity index (χ1) is 15.6. The zero-order chi connectivity index (χ0) is 22.1. The molecular weight excluding hydrogens is 398 g/mol. The van der Waals surface area contributed by atoms with Crippen LogP contribution < -0.4 is 5.32 Å². The number of carbonyl (C=O) groups excluding carboxylic acids is 2. The van der Waals surface area contributed by atoms with Gasteiger partial charge in [-0.25, -0.2) is 0 Å². The monoisotopic (exact) mass is 419 g/mol. The van der Waals surface area contributed by atoms with Crippen LogP contribution in [0, 0.1) is 6.92 Å². The Hall–Kier alpha value is -4.25. The second kappa shape index (κ2) is 8.12. The van der Waals surface area contributed by atoms with Gasteiger partial charge in [0.25, 0.3) is 11.8 Å². The molecule has 32 heavy (non-hydrogen) atoms. The molecule has 5 rings (SSSR count). The molecule has 1 aliphatic rings. The zero-order valence-corrected chi connectivity index (χ0v) is 17.6. The van der Waals surface area contributed by atoms with Gasteiger partial charge in [-0.05, 0) is 35.6 Å². The minimum atomic E-state index is -0.345. The van der Waals surface area contributed by atoms with E-state index in [2.05, 4.69) is 10.3 Å². The van der Waals surface area contributed by atoms with Crippen LogP contribution in [-0.2, 0) is 16.1 Å². The van der Waals surface area contributed by atoms with Gasteiger partial charge >= 0.3 is 0 Å². The minimum absolute atomic E-state index is 0.168. The summed E-state index contributed by atoms with van der Waals surface area (Å²) in [6.07, 6.45) is 3.34. The van der Waals surface area contributed by atoms with Crippen molar-refractivity contribution in [3.63, 3.8) is 0 Å². The van der Waals surface area contributed by atoms with Crippen molar-refractivity contribution < 1.29 is 9.59 Å². The fourth-order valence-electron chi connectivity index (χ4n) is 3.97. The Bertz CT molecular complexity index is 1350. The molecule has 0 aliphatic carbocycles. The Morgan fingerprint density at radius 3 is 2.41 bits per heavy atom. The number of benzene rings is 3. The van der Waals surface area contributed by atoms with E-state index < -0.39 is 0 Å². The molecule has 156 valence electrons. The number of carbonyl (C=O) groups is 2. The summed E-state index contributed by atoms with van der Waals surface area (Å²) in [4.78, 5) is 32.3. The molecule has 0 saturated carbocycles. The quantitative estimate of drug-likeness (QED) is 0.466. The number of hydrogen-bond acceptors (Lipinski definition) is 4. The van der Waals surface area contributed by atoms with Crippen molar-refractivity contribution in [3.8, 4) is 0 Å². The number of aryl methyl sites for hydroxylation is 1. The van der Waals surface area contributed by atoms with E-state index in [0.29, 0.717) is 16.8 Å². The molecule has 0 saturated heterocycles. The smallest absolute Gasteiger partial charge is 0.278 e. The minimum Gasteiger partial charge on any atom is -0.350 e. The molecule has 2 amide bonds. The van der Waals surface area contributed by atoms with Gasteiger partial charge in [-0.1, -0.05) is 72.3 Å². The molecule has 0 spiro atoms. The first-order valence-electron chi connectivity index (χ1n) is 10.4. The predicted octanol–water partition coefficient (Wildman–Crippen LogP) is 4.94. The van der Waals surface area contributed by atoms with E-state index in [1.54, 1.807) is 18.5 Å². The van der Waals surface area contributed by atoms with Crippen LogP contribution in [0.4, 0.5) is 5.69 Å². The summed E-state index contributed by atoms with van der Waals surface area (Å²) in [5, 5.41) is 5.33. The van der Waals surface area contributed by atoms with E-state index in [0.717, 1.165) is 27.6 Å². The van der Waals surface area contributed by atoms with E-state index in [1.165, 1.54) is 4.90 Å². The van der Waals surface area contributed by atoms with Crippen molar-refractivity contribution in [1.82, 2.24) is 9.88 Å². The molecule has 0 bridgehead atoms. The summed E-state index contributed by atoms with van der Waals surface area (Å²) >= 11 is 0. The van der Waals surface area contributed by atoms with Crippen molar-refractivity contribution >= 4 is 33.8 Å². The maximum absolute atomic E-state index is 13.5.